The van der Waals surface area contributed by atoms with E-state index in [1.54, 1.807) is 20.8 Å². The van der Waals surface area contributed by atoms with Crippen LogP contribution in [0.15, 0.2) is 0 Å². The van der Waals surface area contributed by atoms with Crippen molar-refractivity contribution in [2.75, 3.05) is 6.54 Å². The maximum Gasteiger partial charge on any atom is 0.329 e. The molecule has 0 aliphatic rings. The molecule has 2 atom stereocenters. The summed E-state index contributed by atoms with van der Waals surface area (Å²) in [6.07, 6.45) is 0.813. The van der Waals surface area contributed by atoms with Gasteiger partial charge in [0.2, 0.25) is 5.91 Å². The van der Waals surface area contributed by atoms with Gasteiger partial charge in [-0.25, -0.2) is 9.59 Å². The molecule has 0 spiro atoms. The Kier molecular flexibility index (Phi) is 9.78. The van der Waals surface area contributed by atoms with E-state index in [0.717, 1.165) is 0 Å². The van der Waals surface area contributed by atoms with Crippen molar-refractivity contribution in [2.45, 2.75) is 91.5 Å². The lowest BCUT2D eigenvalue weighted by Crippen LogP contribution is -2.57. The number of carbonyl (C=O) groups is 3. The summed E-state index contributed by atoms with van der Waals surface area (Å²) in [5.74, 6) is -0.702. The zero-order valence-corrected chi connectivity index (χ0v) is 18.1. The predicted octanol–water partition coefficient (Wildman–Crippen LogP) is 1.67. The normalized spacial score (nSPS) is 14.4. The number of esters is 1. The van der Waals surface area contributed by atoms with Gasteiger partial charge in [-0.3, -0.25) is 4.79 Å². The van der Waals surface area contributed by atoms with Gasteiger partial charge in [0.25, 0.3) is 0 Å². The zero-order chi connectivity index (χ0) is 21.4. The lowest BCUT2D eigenvalue weighted by molar-refractivity contribution is -0.159. The Morgan fingerprint density at radius 1 is 1.04 bits per heavy atom. The van der Waals surface area contributed by atoms with Crippen molar-refractivity contribution in [1.82, 2.24) is 16.0 Å². The summed E-state index contributed by atoms with van der Waals surface area (Å²) >= 11 is 0. The van der Waals surface area contributed by atoms with Gasteiger partial charge in [-0.15, -0.1) is 0 Å². The van der Waals surface area contributed by atoms with Crippen LogP contribution in [-0.4, -0.2) is 47.7 Å². The van der Waals surface area contributed by atoms with Crippen LogP contribution in [0.4, 0.5) is 4.79 Å². The van der Waals surface area contributed by atoms with E-state index in [1.165, 1.54) is 0 Å². The quantitative estimate of drug-likeness (QED) is 0.355. The molecule has 27 heavy (non-hydrogen) atoms. The lowest BCUT2D eigenvalue weighted by atomic mass is 9.98. The van der Waals surface area contributed by atoms with Gasteiger partial charge >= 0.3 is 12.0 Å². The summed E-state index contributed by atoms with van der Waals surface area (Å²) in [6.45, 7) is 15.5. The fourth-order valence-electron chi connectivity index (χ4n) is 2.40. The smallest absolute Gasteiger partial charge is 0.329 e. The first kappa shape index (κ1) is 25.2. The second-order valence-corrected chi connectivity index (χ2v) is 9.14. The molecule has 0 aromatic heterocycles. The van der Waals surface area contributed by atoms with Gasteiger partial charge < -0.3 is 26.4 Å². The number of hydrogen-bond acceptors (Lipinski definition) is 5. The minimum absolute atomic E-state index is 0.0417. The fourth-order valence-corrected chi connectivity index (χ4v) is 2.40. The molecule has 0 aromatic carbocycles. The van der Waals surface area contributed by atoms with E-state index in [4.69, 9.17) is 10.5 Å². The maximum absolute atomic E-state index is 12.8. The van der Waals surface area contributed by atoms with Crippen LogP contribution in [0.1, 0.15) is 68.2 Å². The summed E-state index contributed by atoms with van der Waals surface area (Å²) in [4.78, 5) is 36.1. The third-order valence-corrected chi connectivity index (χ3v) is 3.51. The van der Waals surface area contributed by atoms with Crippen LogP contribution in [0.25, 0.3) is 0 Å². The molecule has 0 radical (unpaired) electrons. The summed E-state index contributed by atoms with van der Waals surface area (Å²) in [7, 11) is 0. The number of amides is 3. The van der Waals surface area contributed by atoms with Gasteiger partial charge in [0.05, 0.1) is 6.04 Å². The Bertz CT molecular complexity index is 507. The Labute approximate surface area is 163 Å². The van der Waals surface area contributed by atoms with Gasteiger partial charge in [0, 0.05) is 12.1 Å². The monoisotopic (exact) mass is 386 g/mol. The number of carbonyl (C=O) groups excluding carboxylic acids is 3. The number of urea groups is 1. The maximum atomic E-state index is 12.8. The first-order chi connectivity index (χ1) is 12.1. The van der Waals surface area contributed by atoms with Crippen LogP contribution in [0.2, 0.25) is 0 Å². The molecule has 0 heterocycles. The van der Waals surface area contributed by atoms with Crippen LogP contribution >= 0.6 is 0 Å². The molecule has 0 bridgehead atoms. The number of nitrogens with two attached hydrogens (primary N) is 1. The van der Waals surface area contributed by atoms with Crippen molar-refractivity contribution in [3.63, 3.8) is 0 Å². The van der Waals surface area contributed by atoms with Crippen LogP contribution in [0.3, 0.4) is 0 Å². The topological polar surface area (TPSA) is 123 Å². The molecule has 0 unspecified atom stereocenters. The molecule has 0 aliphatic carbocycles. The molecule has 0 saturated carbocycles. The van der Waals surface area contributed by atoms with Crippen LogP contribution < -0.4 is 21.7 Å². The number of primary amides is 1. The highest BCUT2D eigenvalue weighted by Gasteiger charge is 2.31. The third kappa shape index (κ3) is 12.2. The number of rotatable bonds is 9. The minimum atomic E-state index is -0.797. The molecule has 0 aliphatic heterocycles. The molecular weight excluding hydrogens is 348 g/mol. The van der Waals surface area contributed by atoms with Crippen LogP contribution in [0.5, 0.6) is 0 Å². The Balaban J connectivity index is 5.14. The molecule has 0 saturated heterocycles. The van der Waals surface area contributed by atoms with Gasteiger partial charge in [-0.1, -0.05) is 13.8 Å². The van der Waals surface area contributed by atoms with Crippen molar-refractivity contribution >= 4 is 17.9 Å². The first-order valence-electron chi connectivity index (χ1n) is 9.46. The number of hydrogen-bond donors (Lipinski definition) is 4. The van der Waals surface area contributed by atoms with E-state index in [0.29, 0.717) is 19.4 Å². The van der Waals surface area contributed by atoms with Crippen molar-refractivity contribution < 1.29 is 19.1 Å². The molecule has 0 rings (SSSR count). The van der Waals surface area contributed by atoms with Gasteiger partial charge in [0.1, 0.15) is 11.6 Å². The molecule has 8 nitrogen and oxygen atoms in total. The largest absolute Gasteiger partial charge is 0.458 e. The average molecular weight is 387 g/mol. The highest BCUT2D eigenvalue weighted by atomic mass is 16.6. The van der Waals surface area contributed by atoms with Gasteiger partial charge in [0.15, 0.2) is 0 Å². The molecule has 0 fully saturated rings. The van der Waals surface area contributed by atoms with Crippen molar-refractivity contribution in [1.29, 1.82) is 0 Å². The van der Waals surface area contributed by atoms with Crippen molar-refractivity contribution in [3.8, 4) is 0 Å². The van der Waals surface area contributed by atoms with Crippen LogP contribution in [-0.2, 0) is 14.3 Å². The highest BCUT2D eigenvalue weighted by Crippen LogP contribution is 2.13. The second kappa shape index (κ2) is 10.5. The SMILES string of the molecule is CC(C)[C@H](NC(C)(C)C)C(=O)N[C@@H](CCCNC(N)=O)C(=O)OC(C)(C)C. The Morgan fingerprint density at radius 3 is 2.00 bits per heavy atom. The van der Waals surface area contributed by atoms with Crippen molar-refractivity contribution in [3.05, 3.63) is 0 Å². The number of nitrogens with one attached hydrogen (secondary N) is 3. The molecule has 8 heteroatoms. The van der Waals surface area contributed by atoms with Gasteiger partial charge in [-0.05, 0) is 60.3 Å². The second-order valence-electron chi connectivity index (χ2n) is 9.14. The molecule has 3 amide bonds. The average Bonchev–Trinajstić information content (AvgIpc) is 2.44. The first-order valence-corrected chi connectivity index (χ1v) is 9.46. The Morgan fingerprint density at radius 2 is 1.59 bits per heavy atom. The van der Waals surface area contributed by atoms with E-state index in [1.807, 2.05) is 34.6 Å². The molecule has 158 valence electrons. The molecular formula is C19H38N4O4. The molecule has 0 aromatic rings. The number of ether oxygens (including phenoxy) is 1. The predicted molar refractivity (Wildman–Crippen MR) is 106 cm³/mol. The van der Waals surface area contributed by atoms with E-state index >= 15 is 0 Å². The fraction of sp³-hybridized carbons (Fsp3) is 0.842. The summed E-state index contributed by atoms with van der Waals surface area (Å²) in [5.41, 5.74) is 4.13. The van der Waals surface area contributed by atoms with E-state index in [-0.39, 0.29) is 17.4 Å². The summed E-state index contributed by atoms with van der Waals surface area (Å²) in [6, 6.07) is -1.87. The van der Waals surface area contributed by atoms with E-state index < -0.39 is 29.7 Å². The Hall–Kier alpha value is -1.83. The standard InChI is InChI=1S/C19H38N4O4/c1-12(2)14(23-18(3,4)5)15(24)22-13(10-9-11-21-17(20)26)16(25)27-19(6,7)8/h12-14,23H,9-11H2,1-8H3,(H,22,24)(H3,20,21,26)/t13-,14-/m0/s1. The van der Waals surface area contributed by atoms with E-state index in [9.17, 15) is 14.4 Å². The zero-order valence-electron chi connectivity index (χ0n) is 18.1. The van der Waals surface area contributed by atoms with E-state index in [2.05, 4.69) is 16.0 Å². The third-order valence-electron chi connectivity index (χ3n) is 3.51. The lowest BCUT2D eigenvalue weighted by Gasteiger charge is -2.32. The summed E-state index contributed by atoms with van der Waals surface area (Å²) < 4.78 is 5.43. The van der Waals surface area contributed by atoms with Crippen LogP contribution in [0, 0.1) is 5.92 Å². The van der Waals surface area contributed by atoms with Gasteiger partial charge in [-0.2, -0.15) is 0 Å². The molecule has 5 N–H and O–H groups in total. The minimum Gasteiger partial charge on any atom is -0.458 e. The van der Waals surface area contributed by atoms with Crippen molar-refractivity contribution in [2.24, 2.45) is 11.7 Å². The summed E-state index contributed by atoms with van der Waals surface area (Å²) in [5, 5.41) is 8.58. The highest BCUT2D eigenvalue weighted by molar-refractivity contribution is 5.87.